The lowest BCUT2D eigenvalue weighted by Crippen LogP contribution is -2.29. The van der Waals surface area contributed by atoms with Gasteiger partial charge in [0.15, 0.2) is 0 Å². The van der Waals surface area contributed by atoms with Gasteiger partial charge in [0.05, 0.1) is 10.7 Å². The molecule has 0 unspecified atom stereocenters. The Bertz CT molecular complexity index is 867. The summed E-state index contributed by atoms with van der Waals surface area (Å²) >= 11 is 6.66. The molecule has 1 heterocycles. The first kappa shape index (κ1) is 18.5. The van der Waals surface area contributed by atoms with Crippen molar-refractivity contribution in [3.8, 4) is 11.3 Å². The number of anilines is 1. The highest BCUT2D eigenvalue weighted by Gasteiger charge is 2.15. The lowest BCUT2D eigenvalue weighted by Gasteiger charge is -2.16. The van der Waals surface area contributed by atoms with Crippen LogP contribution in [0.2, 0.25) is 5.02 Å². The lowest BCUT2D eigenvalue weighted by molar-refractivity contribution is 0.911. The number of nitrogens with zero attached hydrogens (tertiary/aromatic N) is 1. The number of halogens is 1. The molecule has 0 bridgehead atoms. The first-order valence-corrected chi connectivity index (χ1v) is 9.04. The molecule has 0 aliphatic heterocycles. The van der Waals surface area contributed by atoms with Gasteiger partial charge in [0.1, 0.15) is 5.82 Å². The van der Waals surface area contributed by atoms with Gasteiger partial charge in [-0.3, -0.25) is 0 Å². The van der Waals surface area contributed by atoms with E-state index in [2.05, 4.69) is 57.0 Å². The molecule has 2 nitrogen and oxygen atoms in total. The summed E-state index contributed by atoms with van der Waals surface area (Å²) in [6.07, 6.45) is 7.27. The van der Waals surface area contributed by atoms with E-state index in [1.165, 1.54) is 11.1 Å². The minimum absolute atomic E-state index is 0.566. The molecule has 0 aliphatic carbocycles. The normalized spacial score (nSPS) is 12.9. The SMILES string of the molecule is C/C=c1/cc(-c2c(C)c(CCC)cc(C)c2Cl)nc(N)/c1=C/CC. The largest absolute Gasteiger partial charge is 0.383 e. The number of aromatic nitrogens is 1. The average molecular weight is 343 g/mol. The van der Waals surface area contributed by atoms with Gasteiger partial charge in [0.25, 0.3) is 0 Å². The third kappa shape index (κ3) is 3.49. The molecule has 0 spiro atoms. The summed E-state index contributed by atoms with van der Waals surface area (Å²) in [6.45, 7) is 10.5. The fraction of sp³-hybridized carbons (Fsp3) is 0.381. The third-order valence-corrected chi connectivity index (χ3v) is 4.91. The zero-order valence-corrected chi connectivity index (χ0v) is 16.1. The highest BCUT2D eigenvalue weighted by molar-refractivity contribution is 6.34. The molecule has 2 aromatic rings. The molecule has 0 aliphatic rings. The van der Waals surface area contributed by atoms with Crippen LogP contribution in [-0.2, 0) is 6.42 Å². The summed E-state index contributed by atoms with van der Waals surface area (Å²) in [7, 11) is 0. The molecule has 0 atom stereocenters. The molecule has 0 amide bonds. The molecule has 0 radical (unpaired) electrons. The van der Waals surface area contributed by atoms with Crippen LogP contribution in [0.4, 0.5) is 5.82 Å². The van der Waals surface area contributed by atoms with Crippen molar-refractivity contribution in [2.24, 2.45) is 0 Å². The maximum atomic E-state index is 6.66. The summed E-state index contributed by atoms with van der Waals surface area (Å²) in [6, 6.07) is 4.29. The van der Waals surface area contributed by atoms with Crippen molar-refractivity contribution >= 4 is 29.6 Å². The van der Waals surface area contributed by atoms with Crippen LogP contribution in [0.5, 0.6) is 0 Å². The Balaban J connectivity index is 2.83. The van der Waals surface area contributed by atoms with E-state index in [1.54, 1.807) is 0 Å². The number of benzene rings is 1. The van der Waals surface area contributed by atoms with Gasteiger partial charge in [-0.15, -0.1) is 0 Å². The molecular weight excluding hydrogens is 316 g/mol. The Hall–Kier alpha value is -1.80. The predicted octanol–water partition coefficient (Wildman–Crippen LogP) is 4.54. The second-order valence-electron chi connectivity index (χ2n) is 6.21. The first-order valence-electron chi connectivity index (χ1n) is 8.66. The van der Waals surface area contributed by atoms with E-state index in [9.17, 15) is 0 Å². The maximum absolute atomic E-state index is 6.66. The minimum atomic E-state index is 0.566. The van der Waals surface area contributed by atoms with Gasteiger partial charge >= 0.3 is 0 Å². The van der Waals surface area contributed by atoms with Crippen LogP contribution >= 0.6 is 11.6 Å². The fourth-order valence-corrected chi connectivity index (χ4v) is 3.47. The van der Waals surface area contributed by atoms with Crippen LogP contribution in [0.25, 0.3) is 23.4 Å². The molecule has 0 fully saturated rings. The Labute approximate surface area is 150 Å². The smallest absolute Gasteiger partial charge is 0.131 e. The Morgan fingerprint density at radius 3 is 2.50 bits per heavy atom. The molecule has 1 aromatic carbocycles. The van der Waals surface area contributed by atoms with Crippen LogP contribution in [0.3, 0.4) is 0 Å². The van der Waals surface area contributed by atoms with Crippen LogP contribution in [0.1, 0.15) is 50.3 Å². The van der Waals surface area contributed by atoms with E-state index < -0.39 is 0 Å². The van der Waals surface area contributed by atoms with Gasteiger partial charge in [-0.1, -0.05) is 50.1 Å². The highest BCUT2D eigenvalue weighted by atomic mass is 35.5. The monoisotopic (exact) mass is 342 g/mol. The Morgan fingerprint density at radius 1 is 1.21 bits per heavy atom. The van der Waals surface area contributed by atoms with E-state index in [1.807, 2.05) is 6.92 Å². The molecule has 24 heavy (non-hydrogen) atoms. The summed E-state index contributed by atoms with van der Waals surface area (Å²) in [4.78, 5) is 4.68. The topological polar surface area (TPSA) is 38.9 Å². The second-order valence-corrected chi connectivity index (χ2v) is 6.59. The van der Waals surface area contributed by atoms with Crippen LogP contribution in [0.15, 0.2) is 12.1 Å². The van der Waals surface area contributed by atoms with Crippen molar-refractivity contribution < 1.29 is 0 Å². The summed E-state index contributed by atoms with van der Waals surface area (Å²) in [5, 5.41) is 2.89. The standard InChI is InChI=1S/C21H27ClN2/c1-6-9-16-11-13(4)20(22)19(14(16)5)18-12-15(8-3)17(10-7-2)21(23)24-18/h8,10-12H,6-7,9H2,1-5H3,(H2,23,24)/b15-8-,17-10+. The van der Waals surface area contributed by atoms with Crippen LogP contribution in [0, 0.1) is 13.8 Å². The van der Waals surface area contributed by atoms with Gasteiger partial charge in [0, 0.05) is 10.8 Å². The number of aryl methyl sites for hydroxylation is 2. The summed E-state index contributed by atoms with van der Waals surface area (Å²) < 4.78 is 0. The molecule has 2 rings (SSSR count). The predicted molar refractivity (Wildman–Crippen MR) is 107 cm³/mol. The molecule has 2 N–H and O–H groups in total. The molecular formula is C21H27ClN2. The molecule has 128 valence electrons. The average Bonchev–Trinajstić information content (AvgIpc) is 2.55. The lowest BCUT2D eigenvalue weighted by atomic mass is 9.94. The van der Waals surface area contributed by atoms with Crippen molar-refractivity contribution in [1.82, 2.24) is 4.98 Å². The summed E-state index contributed by atoms with van der Waals surface area (Å²) in [5.41, 5.74) is 11.7. The number of rotatable bonds is 4. The van der Waals surface area contributed by atoms with Gasteiger partial charge < -0.3 is 5.73 Å². The number of pyridine rings is 1. The zero-order chi connectivity index (χ0) is 17.9. The van der Waals surface area contributed by atoms with Gasteiger partial charge in [-0.2, -0.15) is 0 Å². The van der Waals surface area contributed by atoms with Crippen LogP contribution in [-0.4, -0.2) is 4.98 Å². The van der Waals surface area contributed by atoms with Crippen molar-refractivity contribution in [1.29, 1.82) is 0 Å². The Kier molecular flexibility index (Phi) is 6.06. The maximum Gasteiger partial charge on any atom is 0.131 e. The van der Waals surface area contributed by atoms with E-state index in [4.69, 9.17) is 17.3 Å². The van der Waals surface area contributed by atoms with E-state index >= 15 is 0 Å². The second kappa shape index (κ2) is 7.85. The van der Waals surface area contributed by atoms with Gasteiger partial charge in [-0.05, 0) is 61.6 Å². The van der Waals surface area contributed by atoms with E-state index in [0.29, 0.717) is 5.82 Å². The quantitative estimate of drug-likeness (QED) is 0.885. The fourth-order valence-electron chi connectivity index (χ4n) is 3.18. The first-order chi connectivity index (χ1) is 11.4. The summed E-state index contributed by atoms with van der Waals surface area (Å²) in [5.74, 6) is 0.566. The molecule has 0 saturated carbocycles. The number of hydrogen-bond donors (Lipinski definition) is 1. The highest BCUT2D eigenvalue weighted by Crippen LogP contribution is 2.34. The van der Waals surface area contributed by atoms with Crippen molar-refractivity contribution in [2.75, 3.05) is 5.73 Å². The molecule has 3 heteroatoms. The van der Waals surface area contributed by atoms with Crippen LogP contribution < -0.4 is 16.2 Å². The number of nitrogen functional groups attached to an aromatic ring is 1. The van der Waals surface area contributed by atoms with E-state index in [-0.39, 0.29) is 0 Å². The third-order valence-electron chi connectivity index (χ3n) is 4.43. The number of hydrogen-bond acceptors (Lipinski definition) is 2. The van der Waals surface area contributed by atoms with Crippen molar-refractivity contribution in [3.63, 3.8) is 0 Å². The zero-order valence-electron chi connectivity index (χ0n) is 15.3. The minimum Gasteiger partial charge on any atom is -0.383 e. The van der Waals surface area contributed by atoms with Gasteiger partial charge in [-0.25, -0.2) is 4.98 Å². The van der Waals surface area contributed by atoms with E-state index in [0.717, 1.165) is 51.5 Å². The Morgan fingerprint density at radius 2 is 1.92 bits per heavy atom. The van der Waals surface area contributed by atoms with Crippen molar-refractivity contribution in [3.05, 3.63) is 44.3 Å². The molecule has 1 aromatic heterocycles. The molecule has 0 saturated heterocycles. The van der Waals surface area contributed by atoms with Crippen molar-refractivity contribution in [2.45, 2.75) is 53.9 Å². The number of nitrogens with two attached hydrogens (primary N) is 1. The van der Waals surface area contributed by atoms with Gasteiger partial charge in [0.2, 0.25) is 0 Å².